The van der Waals surface area contributed by atoms with Crippen LogP contribution in [-0.2, 0) is 0 Å². The van der Waals surface area contributed by atoms with Crippen LogP contribution < -0.4 is 4.90 Å². The van der Waals surface area contributed by atoms with Gasteiger partial charge in [-0.05, 0) is 106 Å². The number of thiophene rings is 1. The van der Waals surface area contributed by atoms with E-state index < -0.39 is 0 Å². The van der Waals surface area contributed by atoms with Gasteiger partial charge in [0.1, 0.15) is 0 Å². The second kappa shape index (κ2) is 14.5. The van der Waals surface area contributed by atoms with Crippen molar-refractivity contribution < 1.29 is 0 Å². The van der Waals surface area contributed by atoms with Crippen molar-refractivity contribution in [3.05, 3.63) is 237 Å². The Kier molecular flexibility index (Phi) is 8.15. The molecule has 0 bridgehead atoms. The molecule has 14 aromatic rings. The number of rotatable bonds is 6. The molecule has 0 N–H and O–H groups in total. The molecule has 3 nitrogen and oxygen atoms in total. The predicted octanol–water partition coefficient (Wildman–Crippen LogP) is 17.7. The molecule has 0 aliphatic heterocycles. The van der Waals surface area contributed by atoms with Crippen molar-refractivity contribution in [1.29, 1.82) is 0 Å². The first-order valence-corrected chi connectivity index (χ1v) is 23.4. The van der Waals surface area contributed by atoms with Crippen LogP contribution in [0.4, 0.5) is 17.1 Å². The summed E-state index contributed by atoms with van der Waals surface area (Å²) < 4.78 is 7.46. The number of fused-ring (bicyclic) bond motifs is 13. The number of aromatic nitrogens is 2. The molecule has 4 heteroatoms. The molecule has 0 aliphatic carbocycles. The Morgan fingerprint density at radius 3 is 1.76 bits per heavy atom. The highest BCUT2D eigenvalue weighted by Crippen LogP contribution is 2.44. The highest BCUT2D eigenvalue weighted by atomic mass is 32.1. The van der Waals surface area contributed by atoms with Gasteiger partial charge < -0.3 is 14.0 Å². The topological polar surface area (TPSA) is 13.1 Å². The van der Waals surface area contributed by atoms with Crippen LogP contribution >= 0.6 is 11.3 Å². The molecular weight excluding hydrogens is 819 g/mol. The smallest absolute Gasteiger partial charge is 0.0619 e. The summed E-state index contributed by atoms with van der Waals surface area (Å²) in [6, 6.07) is 87.0. The predicted molar refractivity (Wildman–Crippen MR) is 283 cm³/mol. The molecular formula is C62H39N3S. The van der Waals surface area contributed by atoms with E-state index in [0.29, 0.717) is 0 Å². The highest BCUT2D eigenvalue weighted by molar-refractivity contribution is 7.25. The molecule has 0 aliphatic rings. The molecule has 0 saturated heterocycles. The van der Waals surface area contributed by atoms with Crippen LogP contribution in [0.15, 0.2) is 237 Å². The van der Waals surface area contributed by atoms with Crippen LogP contribution in [0, 0.1) is 0 Å². The van der Waals surface area contributed by atoms with E-state index in [-0.39, 0.29) is 0 Å². The summed E-state index contributed by atoms with van der Waals surface area (Å²) in [5, 5.41) is 12.7. The summed E-state index contributed by atoms with van der Waals surface area (Å²) in [7, 11) is 0. The Labute approximate surface area is 384 Å². The van der Waals surface area contributed by atoms with Crippen molar-refractivity contribution in [2.45, 2.75) is 0 Å². The maximum Gasteiger partial charge on any atom is 0.0619 e. The van der Waals surface area contributed by atoms with Crippen molar-refractivity contribution >= 4 is 114 Å². The van der Waals surface area contributed by atoms with E-state index in [1.807, 2.05) is 11.3 Å². The van der Waals surface area contributed by atoms with Crippen molar-refractivity contribution in [2.24, 2.45) is 0 Å². The minimum Gasteiger partial charge on any atom is -0.310 e. The van der Waals surface area contributed by atoms with Gasteiger partial charge in [-0.15, -0.1) is 11.3 Å². The molecule has 66 heavy (non-hydrogen) atoms. The van der Waals surface area contributed by atoms with Gasteiger partial charge in [0.15, 0.2) is 0 Å². The van der Waals surface area contributed by atoms with Gasteiger partial charge in [-0.1, -0.05) is 158 Å². The maximum atomic E-state index is 2.48. The zero-order chi connectivity index (χ0) is 43.3. The lowest BCUT2D eigenvalue weighted by Crippen LogP contribution is -2.10. The highest BCUT2D eigenvalue weighted by Gasteiger charge is 2.21. The van der Waals surface area contributed by atoms with Gasteiger partial charge in [-0.2, -0.15) is 0 Å². The molecule has 0 radical (unpaired) electrons. The van der Waals surface area contributed by atoms with Gasteiger partial charge in [0.2, 0.25) is 0 Å². The molecule has 0 spiro atoms. The summed E-state index contributed by atoms with van der Waals surface area (Å²) in [5.74, 6) is 0. The Hall–Kier alpha value is -8.44. The van der Waals surface area contributed by atoms with Crippen LogP contribution in [0.3, 0.4) is 0 Å². The largest absolute Gasteiger partial charge is 0.310 e. The fourth-order valence-corrected chi connectivity index (χ4v) is 11.8. The summed E-state index contributed by atoms with van der Waals surface area (Å²) in [6.07, 6.45) is 0. The van der Waals surface area contributed by atoms with E-state index in [1.165, 1.54) is 90.9 Å². The van der Waals surface area contributed by atoms with Crippen LogP contribution in [-0.4, -0.2) is 9.13 Å². The fraction of sp³-hybridized carbons (Fsp3) is 0. The second-order valence-electron chi connectivity index (χ2n) is 17.3. The zero-order valence-corrected chi connectivity index (χ0v) is 36.6. The number of nitrogens with zero attached hydrogens (tertiary/aromatic N) is 3. The van der Waals surface area contributed by atoms with Gasteiger partial charge in [-0.3, -0.25) is 0 Å². The van der Waals surface area contributed by atoms with E-state index in [4.69, 9.17) is 0 Å². The number of para-hydroxylation sites is 2. The normalized spacial score (nSPS) is 11.9. The summed E-state index contributed by atoms with van der Waals surface area (Å²) in [4.78, 5) is 2.42. The maximum absolute atomic E-state index is 2.48. The summed E-state index contributed by atoms with van der Waals surface area (Å²) in [6.45, 7) is 0. The molecule has 3 heterocycles. The van der Waals surface area contributed by atoms with Gasteiger partial charge >= 0.3 is 0 Å². The average molecular weight is 858 g/mol. The molecule has 308 valence electrons. The second-order valence-corrected chi connectivity index (χ2v) is 18.4. The monoisotopic (exact) mass is 857 g/mol. The first-order valence-electron chi connectivity index (χ1n) is 22.6. The summed E-state index contributed by atoms with van der Waals surface area (Å²) >= 11 is 1.86. The lowest BCUT2D eigenvalue weighted by molar-refractivity contribution is 1.18. The first kappa shape index (κ1) is 37.0. The average Bonchev–Trinajstić information content (AvgIpc) is 4.05. The third-order valence-electron chi connectivity index (χ3n) is 13.7. The molecule has 0 fully saturated rings. The van der Waals surface area contributed by atoms with E-state index >= 15 is 0 Å². The SMILES string of the molecule is c1ccc(-n2c3ccccc3c3ccc(N(c4ccc(-c5cccc(-n6c7ccc8ccccc8c7c7ccc8ccccc8c76)c5)cc4)c4ccc5c(c4)sc4ccccc45)cc32)cc1. The van der Waals surface area contributed by atoms with Crippen LogP contribution in [0.25, 0.3) is 108 Å². The molecule has 11 aromatic carbocycles. The Balaban J connectivity index is 0.932. The first-order chi connectivity index (χ1) is 32.7. The van der Waals surface area contributed by atoms with Crippen LogP contribution in [0.5, 0.6) is 0 Å². The van der Waals surface area contributed by atoms with Crippen molar-refractivity contribution in [2.75, 3.05) is 4.90 Å². The van der Waals surface area contributed by atoms with Gasteiger partial charge in [0, 0.05) is 75.5 Å². The van der Waals surface area contributed by atoms with E-state index in [1.54, 1.807) is 0 Å². The van der Waals surface area contributed by atoms with E-state index in [0.717, 1.165) is 34.0 Å². The Bertz CT molecular complexity index is 4230. The minimum atomic E-state index is 1.10. The number of hydrogen-bond acceptors (Lipinski definition) is 2. The molecule has 0 atom stereocenters. The Morgan fingerprint density at radius 2 is 0.909 bits per heavy atom. The van der Waals surface area contributed by atoms with Gasteiger partial charge in [0.25, 0.3) is 0 Å². The fourth-order valence-electron chi connectivity index (χ4n) is 10.7. The standard InChI is InChI=1S/C62H39N3S/c1-2-16-44(17-3-1)64-56-23-10-8-21-51(56)52-34-31-47(38-58(52)64)63(48-32-35-54-53-22-9-11-24-59(53)66-60(54)39-48)45-29-25-40(26-30-45)43-15-12-18-46(37-43)65-57-36-28-41-13-4-6-19-49(41)61(57)55-33-27-42-14-5-7-20-50(42)62(55)65/h1-39H. The number of anilines is 3. The van der Waals surface area contributed by atoms with Crippen molar-refractivity contribution in [3.8, 4) is 22.5 Å². The third-order valence-corrected chi connectivity index (χ3v) is 14.8. The van der Waals surface area contributed by atoms with Gasteiger partial charge in [0.05, 0.1) is 22.1 Å². The van der Waals surface area contributed by atoms with E-state index in [2.05, 4.69) is 251 Å². The lowest BCUT2D eigenvalue weighted by atomic mass is 10.0. The van der Waals surface area contributed by atoms with Crippen LogP contribution in [0.2, 0.25) is 0 Å². The van der Waals surface area contributed by atoms with E-state index in [9.17, 15) is 0 Å². The zero-order valence-electron chi connectivity index (χ0n) is 35.8. The molecule has 14 rings (SSSR count). The molecule has 0 unspecified atom stereocenters. The number of benzene rings is 11. The summed E-state index contributed by atoms with van der Waals surface area (Å²) in [5.41, 5.74) is 12.8. The quantitative estimate of drug-likeness (QED) is 0.162. The number of hydrogen-bond donors (Lipinski definition) is 0. The Morgan fingerprint density at radius 1 is 0.303 bits per heavy atom. The molecule has 0 amide bonds. The molecule has 0 saturated carbocycles. The van der Waals surface area contributed by atoms with Gasteiger partial charge in [-0.25, -0.2) is 0 Å². The van der Waals surface area contributed by atoms with Crippen molar-refractivity contribution in [1.82, 2.24) is 9.13 Å². The van der Waals surface area contributed by atoms with Crippen molar-refractivity contribution in [3.63, 3.8) is 0 Å². The minimum absolute atomic E-state index is 1.10. The van der Waals surface area contributed by atoms with Crippen LogP contribution in [0.1, 0.15) is 0 Å². The third kappa shape index (κ3) is 5.62. The molecule has 3 aromatic heterocycles. The lowest BCUT2D eigenvalue weighted by Gasteiger charge is -2.26.